The average Bonchev–Trinajstić information content (AvgIpc) is 3.03. The second kappa shape index (κ2) is 8.31. The molecule has 0 bridgehead atoms. The Morgan fingerprint density at radius 1 is 1.32 bits per heavy atom. The van der Waals surface area contributed by atoms with Gasteiger partial charge in [0.05, 0.1) is 26.4 Å². The number of amides is 2. The van der Waals surface area contributed by atoms with Crippen LogP contribution in [0.5, 0.6) is 5.75 Å². The van der Waals surface area contributed by atoms with Crippen LogP contribution >= 0.6 is 0 Å². The van der Waals surface area contributed by atoms with Crippen LogP contribution in [0.4, 0.5) is 0 Å². The third-order valence-corrected chi connectivity index (χ3v) is 4.75. The molecule has 0 aliphatic carbocycles. The van der Waals surface area contributed by atoms with E-state index in [0.717, 1.165) is 26.1 Å². The summed E-state index contributed by atoms with van der Waals surface area (Å²) >= 11 is 0. The van der Waals surface area contributed by atoms with Gasteiger partial charge in [0, 0.05) is 38.3 Å². The monoisotopic (exact) mass is 347 g/mol. The average molecular weight is 347 g/mol. The summed E-state index contributed by atoms with van der Waals surface area (Å²) < 4.78 is 10.5. The lowest BCUT2D eigenvalue weighted by molar-refractivity contribution is -0.133. The van der Waals surface area contributed by atoms with Crippen LogP contribution in [-0.2, 0) is 9.53 Å². The van der Waals surface area contributed by atoms with E-state index >= 15 is 0 Å². The fourth-order valence-electron chi connectivity index (χ4n) is 3.34. The predicted molar refractivity (Wildman–Crippen MR) is 92.7 cm³/mol. The number of carbonyl (C=O) groups excluding carboxylic acids is 2. The minimum Gasteiger partial charge on any atom is -0.497 e. The van der Waals surface area contributed by atoms with Crippen LogP contribution in [0, 0.1) is 0 Å². The van der Waals surface area contributed by atoms with Gasteiger partial charge in [-0.15, -0.1) is 0 Å². The van der Waals surface area contributed by atoms with E-state index in [1.54, 1.807) is 31.4 Å². The Labute approximate surface area is 147 Å². The maximum Gasteiger partial charge on any atom is 0.251 e. The van der Waals surface area contributed by atoms with Crippen molar-refractivity contribution in [2.45, 2.75) is 12.5 Å². The number of methoxy groups -OCH3 is 1. The fourth-order valence-corrected chi connectivity index (χ4v) is 3.34. The third-order valence-electron chi connectivity index (χ3n) is 4.75. The largest absolute Gasteiger partial charge is 0.497 e. The highest BCUT2D eigenvalue weighted by molar-refractivity contribution is 5.94. The highest BCUT2D eigenvalue weighted by Gasteiger charge is 2.36. The second-order valence-electron chi connectivity index (χ2n) is 6.27. The summed E-state index contributed by atoms with van der Waals surface area (Å²) in [5, 5.41) is 2.87. The first-order valence-electron chi connectivity index (χ1n) is 8.72. The summed E-state index contributed by atoms with van der Waals surface area (Å²) in [7, 11) is 1.57. The van der Waals surface area contributed by atoms with Gasteiger partial charge in [-0.1, -0.05) is 6.07 Å². The number of hydrogen-bond acceptors (Lipinski definition) is 5. The first-order valence-corrected chi connectivity index (χ1v) is 8.72. The molecule has 2 amide bonds. The van der Waals surface area contributed by atoms with E-state index in [4.69, 9.17) is 9.47 Å². The Morgan fingerprint density at radius 2 is 2.12 bits per heavy atom. The van der Waals surface area contributed by atoms with Gasteiger partial charge in [-0.3, -0.25) is 14.5 Å². The zero-order valence-electron chi connectivity index (χ0n) is 14.6. The van der Waals surface area contributed by atoms with Crippen molar-refractivity contribution in [2.75, 3.05) is 53.0 Å². The molecular formula is C18H25N3O4. The summed E-state index contributed by atoms with van der Waals surface area (Å²) in [5.41, 5.74) is 0.554. The second-order valence-corrected chi connectivity index (χ2v) is 6.27. The van der Waals surface area contributed by atoms with Gasteiger partial charge in [0.15, 0.2) is 0 Å². The molecule has 2 aliphatic rings. The molecule has 1 atom stereocenters. The molecule has 0 aromatic heterocycles. The van der Waals surface area contributed by atoms with E-state index in [0.29, 0.717) is 37.6 Å². The van der Waals surface area contributed by atoms with Gasteiger partial charge in [0.1, 0.15) is 5.75 Å². The molecule has 1 aromatic carbocycles. The van der Waals surface area contributed by atoms with Crippen molar-refractivity contribution in [3.8, 4) is 5.75 Å². The molecular weight excluding hydrogens is 322 g/mol. The first kappa shape index (κ1) is 17.7. The molecule has 1 aromatic rings. The van der Waals surface area contributed by atoms with E-state index < -0.39 is 0 Å². The Kier molecular flexibility index (Phi) is 5.88. The molecule has 2 saturated heterocycles. The van der Waals surface area contributed by atoms with Crippen LogP contribution < -0.4 is 10.1 Å². The number of benzene rings is 1. The standard InChI is InChI=1S/C18H25N3O4/c1-24-15-4-2-3-14(13-15)17(22)19-6-8-21-7-5-16(18(21)23)20-9-11-25-12-10-20/h2-4,13,16H,5-12H2,1H3,(H,19,22). The van der Waals surface area contributed by atoms with Crippen LogP contribution in [0.3, 0.4) is 0 Å². The Balaban J connectivity index is 1.45. The quantitative estimate of drug-likeness (QED) is 0.804. The highest BCUT2D eigenvalue weighted by atomic mass is 16.5. The number of hydrogen-bond donors (Lipinski definition) is 1. The lowest BCUT2D eigenvalue weighted by Gasteiger charge is -2.31. The van der Waals surface area contributed by atoms with Crippen molar-refractivity contribution in [1.29, 1.82) is 0 Å². The zero-order chi connectivity index (χ0) is 17.6. The van der Waals surface area contributed by atoms with Crippen molar-refractivity contribution in [2.24, 2.45) is 0 Å². The van der Waals surface area contributed by atoms with Gasteiger partial charge in [-0.2, -0.15) is 0 Å². The number of rotatable bonds is 6. The summed E-state index contributed by atoms with van der Waals surface area (Å²) in [6.07, 6.45) is 0.850. The minimum atomic E-state index is -0.157. The summed E-state index contributed by atoms with van der Waals surface area (Å²) in [5.74, 6) is 0.656. The van der Waals surface area contributed by atoms with Crippen LogP contribution in [0.2, 0.25) is 0 Å². The van der Waals surface area contributed by atoms with Gasteiger partial charge < -0.3 is 19.7 Å². The lowest BCUT2D eigenvalue weighted by atomic mass is 10.2. The number of morpholine rings is 1. The molecule has 0 saturated carbocycles. The maximum atomic E-state index is 12.5. The Bertz CT molecular complexity index is 616. The third kappa shape index (κ3) is 4.29. The van der Waals surface area contributed by atoms with Crippen LogP contribution in [0.15, 0.2) is 24.3 Å². The van der Waals surface area contributed by atoms with Crippen molar-refractivity contribution in [3.63, 3.8) is 0 Å². The highest BCUT2D eigenvalue weighted by Crippen LogP contribution is 2.18. The molecule has 2 fully saturated rings. The van der Waals surface area contributed by atoms with Crippen LogP contribution in [0.1, 0.15) is 16.8 Å². The molecule has 2 heterocycles. The molecule has 3 rings (SSSR count). The molecule has 1 unspecified atom stereocenters. The molecule has 1 N–H and O–H groups in total. The van der Waals surface area contributed by atoms with E-state index in [-0.39, 0.29) is 17.9 Å². The van der Waals surface area contributed by atoms with Gasteiger partial charge in [0.2, 0.25) is 5.91 Å². The van der Waals surface area contributed by atoms with Gasteiger partial charge in [-0.05, 0) is 24.6 Å². The summed E-state index contributed by atoms with van der Waals surface area (Å²) in [6, 6.07) is 6.99. The smallest absolute Gasteiger partial charge is 0.251 e. The summed E-state index contributed by atoms with van der Waals surface area (Å²) in [6.45, 7) is 4.75. The van der Waals surface area contributed by atoms with Crippen molar-refractivity contribution in [3.05, 3.63) is 29.8 Å². The molecule has 7 heteroatoms. The van der Waals surface area contributed by atoms with E-state index in [9.17, 15) is 9.59 Å². The van der Waals surface area contributed by atoms with Crippen LogP contribution in [-0.4, -0.2) is 80.7 Å². The first-order chi connectivity index (χ1) is 12.2. The Morgan fingerprint density at radius 3 is 2.88 bits per heavy atom. The van der Waals surface area contributed by atoms with E-state index in [1.807, 2.05) is 4.90 Å². The number of carbonyl (C=O) groups is 2. The number of nitrogens with zero attached hydrogens (tertiary/aromatic N) is 2. The molecule has 136 valence electrons. The van der Waals surface area contributed by atoms with Crippen molar-refractivity contribution in [1.82, 2.24) is 15.1 Å². The van der Waals surface area contributed by atoms with Gasteiger partial charge >= 0.3 is 0 Å². The molecule has 2 aliphatic heterocycles. The van der Waals surface area contributed by atoms with Crippen molar-refractivity contribution >= 4 is 11.8 Å². The topological polar surface area (TPSA) is 71.1 Å². The number of nitrogens with one attached hydrogen (secondary N) is 1. The van der Waals surface area contributed by atoms with Crippen LogP contribution in [0.25, 0.3) is 0 Å². The number of ether oxygens (including phenoxy) is 2. The van der Waals surface area contributed by atoms with Crippen molar-refractivity contribution < 1.29 is 19.1 Å². The van der Waals surface area contributed by atoms with Gasteiger partial charge in [-0.25, -0.2) is 0 Å². The number of likely N-dealkylation sites (tertiary alicyclic amines) is 1. The normalized spacial score (nSPS) is 21.4. The molecule has 25 heavy (non-hydrogen) atoms. The predicted octanol–water partition coefficient (Wildman–Crippen LogP) is 0.358. The molecule has 0 spiro atoms. The maximum absolute atomic E-state index is 12.5. The minimum absolute atomic E-state index is 0.0296. The Hall–Kier alpha value is -2.12. The zero-order valence-corrected chi connectivity index (χ0v) is 14.6. The summed E-state index contributed by atoms with van der Waals surface area (Å²) in [4.78, 5) is 28.8. The fraction of sp³-hybridized carbons (Fsp3) is 0.556. The SMILES string of the molecule is COc1cccc(C(=O)NCCN2CCC(N3CCOCC3)C2=O)c1. The molecule has 7 nitrogen and oxygen atoms in total. The lowest BCUT2D eigenvalue weighted by Crippen LogP contribution is -2.48. The van der Waals surface area contributed by atoms with Gasteiger partial charge in [0.25, 0.3) is 5.91 Å². The van der Waals surface area contributed by atoms with E-state index in [1.165, 1.54) is 0 Å². The van der Waals surface area contributed by atoms with E-state index in [2.05, 4.69) is 10.2 Å². The molecule has 0 radical (unpaired) electrons.